The quantitative estimate of drug-likeness (QED) is 0.255. The molecule has 1 amide bonds. The number of fused-ring (bicyclic) bond motifs is 1. The van der Waals surface area contributed by atoms with Crippen molar-refractivity contribution in [2.24, 2.45) is 0 Å². The van der Waals surface area contributed by atoms with Gasteiger partial charge in [-0.25, -0.2) is 4.98 Å². The molecule has 3 N–H and O–H groups in total. The molecule has 0 bridgehead atoms. The Morgan fingerprint density at radius 1 is 0.976 bits per heavy atom. The molecule has 0 spiro atoms. The number of aromatic nitrogens is 1. The fourth-order valence-electron chi connectivity index (χ4n) is 6.22. The molecule has 2 saturated heterocycles. The highest BCUT2D eigenvalue weighted by atomic mass is 16.5. The summed E-state index contributed by atoms with van der Waals surface area (Å²) in [5.74, 6) is 1.67. The fourth-order valence-corrected chi connectivity index (χ4v) is 6.22. The van der Waals surface area contributed by atoms with Crippen molar-refractivity contribution in [2.75, 3.05) is 50.9 Å². The molecule has 2 aliphatic heterocycles. The van der Waals surface area contributed by atoms with Crippen LogP contribution in [0.15, 0.2) is 72.8 Å². The summed E-state index contributed by atoms with van der Waals surface area (Å²) in [6, 6.07) is 24.4. The molecule has 3 aromatic carbocycles. The molecule has 0 radical (unpaired) electrons. The number of likely N-dealkylation sites (tertiary alicyclic amines) is 2. The Morgan fingerprint density at radius 3 is 2.59 bits per heavy atom. The van der Waals surface area contributed by atoms with E-state index in [4.69, 9.17) is 15.5 Å². The van der Waals surface area contributed by atoms with Crippen molar-refractivity contribution >= 4 is 28.3 Å². The third-order valence-corrected chi connectivity index (χ3v) is 8.44. The van der Waals surface area contributed by atoms with E-state index in [1.54, 1.807) is 7.11 Å². The van der Waals surface area contributed by atoms with E-state index in [9.17, 15) is 4.79 Å². The van der Waals surface area contributed by atoms with Crippen LogP contribution in [0.25, 0.3) is 22.0 Å². The number of methoxy groups -OCH3 is 1. The Balaban J connectivity index is 1.31. The van der Waals surface area contributed by atoms with E-state index in [1.807, 2.05) is 48.5 Å². The number of hydrogen-bond acceptors (Lipinski definition) is 6. The van der Waals surface area contributed by atoms with Crippen LogP contribution in [0.3, 0.4) is 0 Å². The second kappa shape index (κ2) is 12.2. The summed E-state index contributed by atoms with van der Waals surface area (Å²) >= 11 is 0. The Labute approximate surface area is 242 Å². The average Bonchev–Trinajstić information content (AvgIpc) is 3.69. The lowest BCUT2D eigenvalue weighted by Crippen LogP contribution is -2.42. The Morgan fingerprint density at radius 2 is 1.78 bits per heavy atom. The van der Waals surface area contributed by atoms with E-state index in [2.05, 4.69) is 39.4 Å². The van der Waals surface area contributed by atoms with Crippen molar-refractivity contribution < 1.29 is 9.53 Å². The molecule has 0 saturated carbocycles. The van der Waals surface area contributed by atoms with Crippen molar-refractivity contribution in [3.05, 3.63) is 83.9 Å². The zero-order valence-corrected chi connectivity index (χ0v) is 23.8. The normalized spacial score (nSPS) is 17.3. The van der Waals surface area contributed by atoms with Crippen LogP contribution in [0.4, 0.5) is 11.5 Å². The minimum atomic E-state index is 0.101. The number of carbonyl (C=O) groups is 1. The van der Waals surface area contributed by atoms with Gasteiger partial charge in [0.25, 0.3) is 5.91 Å². The number of nitrogens with two attached hydrogens (primary N) is 1. The molecule has 0 aliphatic carbocycles. The summed E-state index contributed by atoms with van der Waals surface area (Å²) < 4.78 is 5.37. The number of benzene rings is 3. The first-order chi connectivity index (χ1) is 20.1. The van der Waals surface area contributed by atoms with Crippen LogP contribution in [-0.2, 0) is 6.42 Å². The first-order valence-electron chi connectivity index (χ1n) is 14.8. The van der Waals surface area contributed by atoms with Gasteiger partial charge in [-0.15, -0.1) is 0 Å². The van der Waals surface area contributed by atoms with E-state index in [1.165, 1.54) is 18.4 Å². The number of pyridine rings is 1. The highest BCUT2D eigenvalue weighted by Gasteiger charge is 2.32. The molecule has 212 valence electrons. The zero-order valence-electron chi connectivity index (χ0n) is 23.8. The van der Waals surface area contributed by atoms with Crippen LogP contribution in [0.2, 0.25) is 0 Å². The Kier molecular flexibility index (Phi) is 8.05. The molecule has 6 rings (SSSR count). The standard InChI is InChI=1S/C34H39N5O2/c1-41-29-8-4-6-24(20-29)15-16-36-33-22-31(34(40)39-19-5-7-28(39)23-38-17-2-3-18-38)30-21-26(11-14-32(30)37-33)25-9-12-27(35)13-10-25/h4,6,8-14,20-22,28H,2-3,5,7,15-19,23,35H2,1H3,(H,36,37)/t28-/m0/s1. The lowest BCUT2D eigenvalue weighted by Gasteiger charge is -2.29. The van der Waals surface area contributed by atoms with Crippen molar-refractivity contribution in [2.45, 2.75) is 38.1 Å². The van der Waals surface area contributed by atoms with Gasteiger partial charge in [0.05, 0.1) is 18.2 Å². The second-order valence-electron chi connectivity index (χ2n) is 11.2. The largest absolute Gasteiger partial charge is 0.497 e. The number of carbonyl (C=O) groups excluding carboxylic acids is 1. The van der Waals surface area contributed by atoms with E-state index in [-0.39, 0.29) is 11.9 Å². The number of rotatable bonds is 9. The van der Waals surface area contributed by atoms with Gasteiger partial charge in [-0.3, -0.25) is 4.79 Å². The number of amides is 1. The predicted molar refractivity (Wildman–Crippen MR) is 167 cm³/mol. The van der Waals surface area contributed by atoms with Crippen LogP contribution in [0.5, 0.6) is 5.75 Å². The number of anilines is 2. The lowest BCUT2D eigenvalue weighted by atomic mass is 9.99. The van der Waals surface area contributed by atoms with E-state index in [0.29, 0.717) is 12.1 Å². The summed E-state index contributed by atoms with van der Waals surface area (Å²) in [5, 5.41) is 4.37. The summed E-state index contributed by atoms with van der Waals surface area (Å²) in [7, 11) is 1.68. The van der Waals surface area contributed by atoms with Gasteiger partial charge < -0.3 is 25.6 Å². The SMILES string of the molecule is COc1cccc(CCNc2cc(C(=O)N3CCC[C@H]3CN3CCCC3)c3cc(-c4ccc(N)cc4)ccc3n2)c1. The van der Waals surface area contributed by atoms with Crippen LogP contribution >= 0.6 is 0 Å². The van der Waals surface area contributed by atoms with Gasteiger partial charge in [-0.05, 0) is 104 Å². The minimum absolute atomic E-state index is 0.101. The van der Waals surface area contributed by atoms with Gasteiger partial charge in [0.15, 0.2) is 0 Å². The molecule has 1 atom stereocenters. The van der Waals surface area contributed by atoms with Crippen molar-refractivity contribution in [3.8, 4) is 16.9 Å². The number of nitrogens with one attached hydrogen (secondary N) is 1. The molecule has 4 aromatic rings. The Bertz CT molecular complexity index is 1510. The van der Waals surface area contributed by atoms with Crippen molar-refractivity contribution in [3.63, 3.8) is 0 Å². The van der Waals surface area contributed by atoms with Crippen LogP contribution in [-0.4, -0.2) is 66.6 Å². The first kappa shape index (κ1) is 27.1. The van der Waals surface area contributed by atoms with Gasteiger partial charge in [0.2, 0.25) is 0 Å². The van der Waals surface area contributed by atoms with Gasteiger partial charge >= 0.3 is 0 Å². The van der Waals surface area contributed by atoms with E-state index < -0.39 is 0 Å². The molecular formula is C34H39N5O2. The van der Waals surface area contributed by atoms with Crippen LogP contribution in [0.1, 0.15) is 41.6 Å². The van der Waals surface area contributed by atoms with E-state index in [0.717, 1.165) is 84.7 Å². The van der Waals surface area contributed by atoms with Crippen molar-refractivity contribution in [1.29, 1.82) is 0 Å². The van der Waals surface area contributed by atoms with Gasteiger partial charge in [-0.2, -0.15) is 0 Å². The minimum Gasteiger partial charge on any atom is -0.497 e. The number of nitrogen functional groups attached to an aromatic ring is 1. The first-order valence-corrected chi connectivity index (χ1v) is 14.8. The third kappa shape index (κ3) is 6.15. The van der Waals surface area contributed by atoms with Gasteiger partial charge in [0, 0.05) is 36.7 Å². The maximum atomic E-state index is 14.3. The smallest absolute Gasteiger partial charge is 0.254 e. The third-order valence-electron chi connectivity index (χ3n) is 8.44. The van der Waals surface area contributed by atoms with Gasteiger partial charge in [0.1, 0.15) is 11.6 Å². The summed E-state index contributed by atoms with van der Waals surface area (Å²) in [6.07, 6.45) is 5.45. The highest BCUT2D eigenvalue weighted by Crippen LogP contribution is 2.31. The molecule has 3 heterocycles. The molecule has 7 heteroatoms. The molecule has 7 nitrogen and oxygen atoms in total. The molecule has 41 heavy (non-hydrogen) atoms. The number of hydrogen-bond donors (Lipinski definition) is 2. The highest BCUT2D eigenvalue weighted by molar-refractivity contribution is 6.08. The van der Waals surface area contributed by atoms with Crippen LogP contribution in [0, 0.1) is 0 Å². The average molecular weight is 550 g/mol. The summed E-state index contributed by atoms with van der Waals surface area (Å²) in [6.45, 7) is 4.75. The molecule has 1 aromatic heterocycles. The number of nitrogens with zero attached hydrogens (tertiary/aromatic N) is 3. The second-order valence-corrected chi connectivity index (χ2v) is 11.2. The maximum absolute atomic E-state index is 14.3. The zero-order chi connectivity index (χ0) is 28.2. The Hall–Kier alpha value is -4.10. The van der Waals surface area contributed by atoms with Crippen LogP contribution < -0.4 is 15.8 Å². The maximum Gasteiger partial charge on any atom is 0.254 e. The number of ether oxygens (including phenoxy) is 1. The fraction of sp³-hybridized carbons (Fsp3) is 0.353. The molecule has 0 unspecified atom stereocenters. The predicted octanol–water partition coefficient (Wildman–Crippen LogP) is 5.85. The topological polar surface area (TPSA) is 83.7 Å². The summed E-state index contributed by atoms with van der Waals surface area (Å²) in [5.41, 5.74) is 11.5. The molecule has 2 fully saturated rings. The lowest BCUT2D eigenvalue weighted by molar-refractivity contribution is 0.0710. The molecular weight excluding hydrogens is 510 g/mol. The van der Waals surface area contributed by atoms with Crippen molar-refractivity contribution in [1.82, 2.24) is 14.8 Å². The van der Waals surface area contributed by atoms with Gasteiger partial charge in [-0.1, -0.05) is 30.3 Å². The summed E-state index contributed by atoms with van der Waals surface area (Å²) in [4.78, 5) is 23.8. The molecule has 2 aliphatic rings. The van der Waals surface area contributed by atoms with E-state index >= 15 is 0 Å². The monoisotopic (exact) mass is 549 g/mol.